The van der Waals surface area contributed by atoms with Crippen LogP contribution in [0.1, 0.15) is 10.4 Å². The summed E-state index contributed by atoms with van der Waals surface area (Å²) in [5.74, 6) is 1.41. The second-order valence-corrected chi connectivity index (χ2v) is 7.66. The summed E-state index contributed by atoms with van der Waals surface area (Å²) in [5, 5.41) is 2.68. The molecule has 6 heteroatoms. The fraction of sp³-hybridized carbons (Fsp3) is 0.190. The number of carbonyl (C=O) groups excluding carboxylic acids is 1. The third kappa shape index (κ3) is 4.26. The van der Waals surface area contributed by atoms with E-state index in [1.165, 1.54) is 0 Å². The smallest absolute Gasteiger partial charge is 0.231 e. The van der Waals surface area contributed by atoms with E-state index >= 15 is 0 Å². The standard InChI is InChI=1S/C21H18ClNO3S/c22-16-5-3-15(4-6-16)12-21(24)23(14-18-2-1-11-27-18)17-7-8-19-20(13-17)26-10-9-25-19/h1-8,11,13H,9-10,12,14H2. The average Bonchev–Trinajstić information content (AvgIpc) is 3.21. The number of fused-ring (bicyclic) bond motifs is 1. The van der Waals surface area contributed by atoms with Crippen LogP contribution in [0.5, 0.6) is 11.5 Å². The fourth-order valence-electron chi connectivity index (χ4n) is 2.95. The van der Waals surface area contributed by atoms with E-state index in [-0.39, 0.29) is 5.91 Å². The van der Waals surface area contributed by atoms with Crippen molar-refractivity contribution in [3.8, 4) is 11.5 Å². The van der Waals surface area contributed by atoms with Gasteiger partial charge in [-0.1, -0.05) is 29.8 Å². The number of halogens is 1. The number of rotatable bonds is 5. The van der Waals surface area contributed by atoms with Gasteiger partial charge in [0.25, 0.3) is 0 Å². The first kappa shape index (κ1) is 17.9. The van der Waals surface area contributed by atoms with Crippen molar-refractivity contribution < 1.29 is 14.3 Å². The molecule has 0 aliphatic carbocycles. The third-order valence-corrected chi connectivity index (χ3v) is 5.41. The van der Waals surface area contributed by atoms with Gasteiger partial charge in [-0.15, -0.1) is 11.3 Å². The van der Waals surface area contributed by atoms with Gasteiger partial charge in [0.15, 0.2) is 11.5 Å². The summed E-state index contributed by atoms with van der Waals surface area (Å²) in [5.41, 5.74) is 1.73. The molecular formula is C21H18ClNO3S. The lowest BCUT2D eigenvalue weighted by Gasteiger charge is -2.25. The van der Waals surface area contributed by atoms with Crippen LogP contribution in [0.25, 0.3) is 0 Å². The van der Waals surface area contributed by atoms with E-state index in [1.807, 2.05) is 47.8 Å². The molecule has 0 saturated heterocycles. The van der Waals surface area contributed by atoms with Crippen molar-refractivity contribution in [3.05, 3.63) is 75.4 Å². The van der Waals surface area contributed by atoms with Gasteiger partial charge >= 0.3 is 0 Å². The summed E-state index contributed by atoms with van der Waals surface area (Å²) in [4.78, 5) is 16.0. The Morgan fingerprint density at radius 1 is 1.04 bits per heavy atom. The molecule has 0 fully saturated rings. The molecule has 3 aromatic rings. The van der Waals surface area contributed by atoms with Crippen LogP contribution < -0.4 is 14.4 Å². The van der Waals surface area contributed by atoms with Crippen LogP contribution in [0.2, 0.25) is 5.02 Å². The van der Waals surface area contributed by atoms with Crippen LogP contribution >= 0.6 is 22.9 Å². The predicted octanol–water partition coefficient (Wildman–Crippen LogP) is 4.95. The van der Waals surface area contributed by atoms with Crippen molar-refractivity contribution in [1.29, 1.82) is 0 Å². The molecule has 1 aromatic heterocycles. The van der Waals surface area contributed by atoms with E-state index < -0.39 is 0 Å². The van der Waals surface area contributed by atoms with Gasteiger partial charge in [0, 0.05) is 21.7 Å². The maximum atomic E-state index is 13.1. The van der Waals surface area contributed by atoms with Crippen LogP contribution in [-0.2, 0) is 17.8 Å². The Bertz CT molecular complexity index is 925. The second kappa shape index (κ2) is 8.03. The van der Waals surface area contributed by atoms with Crippen LogP contribution in [0, 0.1) is 0 Å². The van der Waals surface area contributed by atoms with Gasteiger partial charge in [-0.25, -0.2) is 0 Å². The van der Waals surface area contributed by atoms with Crippen molar-refractivity contribution in [2.45, 2.75) is 13.0 Å². The highest BCUT2D eigenvalue weighted by molar-refractivity contribution is 7.09. The molecule has 27 heavy (non-hydrogen) atoms. The number of nitrogens with zero attached hydrogens (tertiary/aromatic N) is 1. The third-order valence-electron chi connectivity index (χ3n) is 4.30. The minimum atomic E-state index is 0.0161. The van der Waals surface area contributed by atoms with E-state index in [0.717, 1.165) is 16.1 Å². The Morgan fingerprint density at radius 2 is 1.81 bits per heavy atom. The molecule has 0 N–H and O–H groups in total. The van der Waals surface area contributed by atoms with Crippen LogP contribution in [0.15, 0.2) is 60.0 Å². The monoisotopic (exact) mass is 399 g/mol. The van der Waals surface area contributed by atoms with E-state index in [9.17, 15) is 4.79 Å². The second-order valence-electron chi connectivity index (χ2n) is 6.19. The molecule has 4 nitrogen and oxygen atoms in total. The molecule has 0 bridgehead atoms. The van der Waals surface area contributed by atoms with Crippen molar-refractivity contribution in [2.24, 2.45) is 0 Å². The number of amides is 1. The van der Waals surface area contributed by atoms with Gasteiger partial charge in [0.1, 0.15) is 13.2 Å². The minimum Gasteiger partial charge on any atom is -0.486 e. The maximum absolute atomic E-state index is 13.1. The Labute approximate surface area is 166 Å². The molecule has 0 saturated carbocycles. The molecule has 1 amide bonds. The Balaban J connectivity index is 1.62. The number of hydrogen-bond donors (Lipinski definition) is 0. The number of benzene rings is 2. The molecule has 2 aromatic carbocycles. The predicted molar refractivity (Wildman–Crippen MR) is 108 cm³/mol. The molecule has 0 unspecified atom stereocenters. The molecule has 1 aliphatic heterocycles. The van der Waals surface area contributed by atoms with Crippen LogP contribution in [-0.4, -0.2) is 19.1 Å². The molecule has 2 heterocycles. The van der Waals surface area contributed by atoms with Crippen molar-refractivity contribution in [1.82, 2.24) is 0 Å². The average molecular weight is 400 g/mol. The number of carbonyl (C=O) groups is 1. The zero-order valence-corrected chi connectivity index (χ0v) is 16.1. The number of anilines is 1. The number of ether oxygens (including phenoxy) is 2. The van der Waals surface area contributed by atoms with E-state index in [1.54, 1.807) is 28.4 Å². The van der Waals surface area contributed by atoms with Gasteiger partial charge in [-0.2, -0.15) is 0 Å². The summed E-state index contributed by atoms with van der Waals surface area (Å²) in [6, 6.07) is 17.0. The normalized spacial score (nSPS) is 12.6. The van der Waals surface area contributed by atoms with E-state index in [2.05, 4.69) is 0 Å². The molecular weight excluding hydrogens is 382 g/mol. The van der Waals surface area contributed by atoms with Gasteiger partial charge < -0.3 is 14.4 Å². The van der Waals surface area contributed by atoms with Crippen LogP contribution in [0.3, 0.4) is 0 Å². The molecule has 4 rings (SSSR count). The van der Waals surface area contributed by atoms with Crippen LogP contribution in [0.4, 0.5) is 5.69 Å². The van der Waals surface area contributed by atoms with Crippen molar-refractivity contribution in [2.75, 3.05) is 18.1 Å². The highest BCUT2D eigenvalue weighted by atomic mass is 35.5. The SMILES string of the molecule is O=C(Cc1ccc(Cl)cc1)N(Cc1cccs1)c1ccc2c(c1)OCCO2. The van der Waals surface area contributed by atoms with E-state index in [0.29, 0.717) is 42.7 Å². The minimum absolute atomic E-state index is 0.0161. The molecule has 1 aliphatic rings. The first-order chi connectivity index (χ1) is 13.2. The zero-order chi connectivity index (χ0) is 18.6. The van der Waals surface area contributed by atoms with Gasteiger partial charge in [-0.05, 0) is 41.3 Å². The number of thiophene rings is 1. The van der Waals surface area contributed by atoms with Crippen molar-refractivity contribution >= 4 is 34.5 Å². The van der Waals surface area contributed by atoms with Gasteiger partial charge in [0.05, 0.1) is 13.0 Å². The highest BCUT2D eigenvalue weighted by Gasteiger charge is 2.20. The molecule has 0 spiro atoms. The zero-order valence-electron chi connectivity index (χ0n) is 14.6. The van der Waals surface area contributed by atoms with Crippen molar-refractivity contribution in [3.63, 3.8) is 0 Å². The van der Waals surface area contributed by atoms with Gasteiger partial charge in [0.2, 0.25) is 5.91 Å². The summed E-state index contributed by atoms with van der Waals surface area (Å²) in [6.45, 7) is 1.57. The summed E-state index contributed by atoms with van der Waals surface area (Å²) in [6.07, 6.45) is 0.303. The first-order valence-electron chi connectivity index (χ1n) is 8.66. The lowest BCUT2D eigenvalue weighted by molar-refractivity contribution is -0.118. The Kier molecular flexibility index (Phi) is 5.32. The Hall–Kier alpha value is -2.50. The quantitative estimate of drug-likeness (QED) is 0.609. The fourth-order valence-corrected chi connectivity index (χ4v) is 3.77. The maximum Gasteiger partial charge on any atom is 0.231 e. The van der Waals surface area contributed by atoms with Gasteiger partial charge in [-0.3, -0.25) is 4.79 Å². The summed E-state index contributed by atoms with van der Waals surface area (Å²) < 4.78 is 11.3. The molecule has 0 atom stereocenters. The summed E-state index contributed by atoms with van der Waals surface area (Å²) in [7, 11) is 0. The largest absolute Gasteiger partial charge is 0.486 e. The summed E-state index contributed by atoms with van der Waals surface area (Å²) >= 11 is 7.58. The number of hydrogen-bond acceptors (Lipinski definition) is 4. The lowest BCUT2D eigenvalue weighted by atomic mass is 10.1. The highest BCUT2D eigenvalue weighted by Crippen LogP contribution is 2.35. The molecule has 138 valence electrons. The lowest BCUT2D eigenvalue weighted by Crippen LogP contribution is -2.31. The van der Waals surface area contributed by atoms with E-state index in [4.69, 9.17) is 21.1 Å². The first-order valence-corrected chi connectivity index (χ1v) is 9.91. The topological polar surface area (TPSA) is 38.8 Å². The Morgan fingerprint density at radius 3 is 2.56 bits per heavy atom. The molecule has 0 radical (unpaired) electrons.